The normalized spacial score (nSPS) is 22.4. The highest BCUT2D eigenvalue weighted by molar-refractivity contribution is 5.91. The number of aromatic nitrogens is 2. The minimum Gasteiger partial charge on any atom is -0.374 e. The van der Waals surface area contributed by atoms with Crippen LogP contribution in [-0.2, 0) is 21.5 Å². The number of nitrogens with zero attached hydrogens (tertiary/aromatic N) is 3. The molecule has 4 rings (SSSR count). The Labute approximate surface area is 146 Å². The van der Waals surface area contributed by atoms with Gasteiger partial charge in [-0.05, 0) is 43.0 Å². The lowest BCUT2D eigenvalue weighted by Gasteiger charge is -2.28. The van der Waals surface area contributed by atoms with Gasteiger partial charge in [0.15, 0.2) is 0 Å². The molecule has 1 aromatic heterocycles. The van der Waals surface area contributed by atoms with E-state index in [0.29, 0.717) is 26.2 Å². The SMILES string of the molecule is O=C(N1CCCO[C@@H](Cn2cccn2)C1)C1(c2ccc(F)cc2)CC1. The van der Waals surface area contributed by atoms with Gasteiger partial charge in [-0.25, -0.2) is 4.39 Å². The molecule has 132 valence electrons. The van der Waals surface area contributed by atoms with Crippen LogP contribution in [0.2, 0.25) is 0 Å². The molecule has 1 atom stereocenters. The average Bonchev–Trinajstić information content (AvgIpc) is 3.33. The zero-order valence-electron chi connectivity index (χ0n) is 14.1. The van der Waals surface area contributed by atoms with Crippen molar-refractivity contribution in [3.8, 4) is 0 Å². The number of carbonyl (C=O) groups is 1. The van der Waals surface area contributed by atoms with Gasteiger partial charge in [0, 0.05) is 32.1 Å². The molecule has 0 radical (unpaired) electrons. The van der Waals surface area contributed by atoms with Gasteiger partial charge < -0.3 is 9.64 Å². The third kappa shape index (κ3) is 3.31. The van der Waals surface area contributed by atoms with Crippen LogP contribution in [0.5, 0.6) is 0 Å². The quantitative estimate of drug-likeness (QED) is 0.856. The third-order valence-corrected chi connectivity index (χ3v) is 5.14. The highest BCUT2D eigenvalue weighted by Crippen LogP contribution is 2.49. The van der Waals surface area contributed by atoms with Gasteiger partial charge in [0.25, 0.3) is 0 Å². The van der Waals surface area contributed by atoms with E-state index in [0.717, 1.165) is 24.8 Å². The first-order chi connectivity index (χ1) is 12.2. The van der Waals surface area contributed by atoms with Crippen LogP contribution in [0.25, 0.3) is 0 Å². The zero-order chi connectivity index (χ0) is 17.3. The number of amides is 1. The van der Waals surface area contributed by atoms with Crippen molar-refractivity contribution in [3.05, 3.63) is 54.1 Å². The van der Waals surface area contributed by atoms with Crippen molar-refractivity contribution >= 4 is 5.91 Å². The molecule has 25 heavy (non-hydrogen) atoms. The number of rotatable bonds is 4. The molecule has 0 N–H and O–H groups in total. The number of halogens is 1. The minimum atomic E-state index is -0.464. The average molecular weight is 343 g/mol. The minimum absolute atomic E-state index is 0.0598. The third-order valence-electron chi connectivity index (χ3n) is 5.14. The van der Waals surface area contributed by atoms with E-state index >= 15 is 0 Å². The van der Waals surface area contributed by atoms with Crippen LogP contribution in [-0.4, -0.2) is 46.4 Å². The predicted molar refractivity (Wildman–Crippen MR) is 90.5 cm³/mol. The largest absolute Gasteiger partial charge is 0.374 e. The molecule has 1 aliphatic carbocycles. The van der Waals surface area contributed by atoms with Gasteiger partial charge >= 0.3 is 0 Å². The van der Waals surface area contributed by atoms with Crippen molar-refractivity contribution < 1.29 is 13.9 Å². The Balaban J connectivity index is 1.49. The fourth-order valence-electron chi connectivity index (χ4n) is 3.63. The van der Waals surface area contributed by atoms with E-state index in [9.17, 15) is 9.18 Å². The first-order valence-corrected chi connectivity index (χ1v) is 8.82. The Hall–Kier alpha value is -2.21. The standard InChI is InChI=1S/C19H22FN3O2/c20-16-5-3-15(4-6-16)19(7-8-19)18(24)22-10-2-12-25-17(13-22)14-23-11-1-9-21-23/h1,3-6,9,11,17H,2,7-8,10,12-14H2/t17-/m1/s1. The van der Waals surface area contributed by atoms with Crippen molar-refractivity contribution in [2.24, 2.45) is 0 Å². The van der Waals surface area contributed by atoms with E-state index in [1.165, 1.54) is 12.1 Å². The summed E-state index contributed by atoms with van der Waals surface area (Å²) >= 11 is 0. The Morgan fingerprint density at radius 2 is 2.12 bits per heavy atom. The molecule has 1 saturated carbocycles. The molecule has 0 spiro atoms. The molecular formula is C19H22FN3O2. The first-order valence-electron chi connectivity index (χ1n) is 8.82. The molecule has 6 heteroatoms. The Kier molecular flexibility index (Phi) is 4.29. The van der Waals surface area contributed by atoms with Crippen LogP contribution in [0, 0.1) is 5.82 Å². The molecule has 2 heterocycles. The fourth-order valence-corrected chi connectivity index (χ4v) is 3.63. The summed E-state index contributed by atoms with van der Waals surface area (Å²) in [7, 11) is 0. The predicted octanol–water partition coefficient (Wildman–Crippen LogP) is 2.37. The highest BCUT2D eigenvalue weighted by atomic mass is 19.1. The Bertz CT molecular complexity index is 726. The van der Waals surface area contributed by atoms with Crippen molar-refractivity contribution in [1.29, 1.82) is 0 Å². The monoisotopic (exact) mass is 343 g/mol. The summed E-state index contributed by atoms with van der Waals surface area (Å²) in [6.45, 7) is 2.57. The maximum atomic E-state index is 13.2. The highest BCUT2D eigenvalue weighted by Gasteiger charge is 2.53. The number of carbonyl (C=O) groups excluding carboxylic acids is 1. The summed E-state index contributed by atoms with van der Waals surface area (Å²) in [5.74, 6) is -0.121. The molecule has 2 aliphatic rings. The van der Waals surface area contributed by atoms with Crippen LogP contribution >= 0.6 is 0 Å². The lowest BCUT2D eigenvalue weighted by molar-refractivity contribution is -0.134. The van der Waals surface area contributed by atoms with E-state index in [-0.39, 0.29) is 17.8 Å². The maximum Gasteiger partial charge on any atom is 0.233 e. The lowest BCUT2D eigenvalue weighted by atomic mass is 9.94. The van der Waals surface area contributed by atoms with Gasteiger partial charge in [0.1, 0.15) is 5.82 Å². The molecule has 5 nitrogen and oxygen atoms in total. The Morgan fingerprint density at radius 3 is 2.80 bits per heavy atom. The summed E-state index contributed by atoms with van der Waals surface area (Å²) in [5.41, 5.74) is 0.460. The second kappa shape index (κ2) is 6.59. The van der Waals surface area contributed by atoms with Crippen molar-refractivity contribution in [3.63, 3.8) is 0 Å². The topological polar surface area (TPSA) is 47.4 Å². The second-order valence-electron chi connectivity index (χ2n) is 6.91. The zero-order valence-corrected chi connectivity index (χ0v) is 14.1. The van der Waals surface area contributed by atoms with Gasteiger partial charge in [-0.2, -0.15) is 5.10 Å². The number of hydrogen-bond donors (Lipinski definition) is 0. The van der Waals surface area contributed by atoms with Gasteiger partial charge in [0.2, 0.25) is 5.91 Å². The maximum absolute atomic E-state index is 13.2. The van der Waals surface area contributed by atoms with Crippen LogP contribution in [0.1, 0.15) is 24.8 Å². The van der Waals surface area contributed by atoms with Crippen LogP contribution < -0.4 is 0 Å². The van der Waals surface area contributed by atoms with E-state index in [2.05, 4.69) is 5.10 Å². The van der Waals surface area contributed by atoms with Crippen molar-refractivity contribution in [2.75, 3.05) is 19.7 Å². The summed E-state index contributed by atoms with van der Waals surface area (Å²) in [5, 5.41) is 4.23. The smallest absolute Gasteiger partial charge is 0.233 e. The van der Waals surface area contributed by atoms with Crippen LogP contribution in [0.3, 0.4) is 0 Å². The molecule has 0 unspecified atom stereocenters. The molecule has 2 aromatic rings. The van der Waals surface area contributed by atoms with Crippen molar-refractivity contribution in [2.45, 2.75) is 37.3 Å². The van der Waals surface area contributed by atoms with Crippen LogP contribution in [0.4, 0.5) is 4.39 Å². The summed E-state index contributed by atoms with van der Waals surface area (Å²) in [6.07, 6.45) is 6.09. The number of ether oxygens (including phenoxy) is 1. The van der Waals surface area contributed by atoms with E-state index in [1.54, 1.807) is 18.3 Å². The molecule has 1 amide bonds. The van der Waals surface area contributed by atoms with Crippen molar-refractivity contribution in [1.82, 2.24) is 14.7 Å². The van der Waals surface area contributed by atoms with Crippen LogP contribution in [0.15, 0.2) is 42.7 Å². The summed E-state index contributed by atoms with van der Waals surface area (Å²) in [4.78, 5) is 15.2. The van der Waals surface area contributed by atoms with E-state index < -0.39 is 5.41 Å². The van der Waals surface area contributed by atoms with E-state index in [1.807, 2.05) is 21.8 Å². The molecule has 1 saturated heterocycles. The lowest BCUT2D eigenvalue weighted by Crippen LogP contribution is -2.43. The summed E-state index contributed by atoms with van der Waals surface area (Å²) in [6, 6.07) is 8.25. The van der Waals surface area contributed by atoms with E-state index in [4.69, 9.17) is 4.74 Å². The second-order valence-corrected chi connectivity index (χ2v) is 6.91. The number of hydrogen-bond acceptors (Lipinski definition) is 3. The van der Waals surface area contributed by atoms with Gasteiger partial charge in [-0.1, -0.05) is 12.1 Å². The fraction of sp³-hybridized carbons (Fsp3) is 0.474. The molecule has 0 bridgehead atoms. The van der Waals surface area contributed by atoms with Gasteiger partial charge in [0.05, 0.1) is 18.1 Å². The van der Waals surface area contributed by atoms with Gasteiger partial charge in [-0.3, -0.25) is 9.48 Å². The molecule has 2 fully saturated rings. The van der Waals surface area contributed by atoms with Gasteiger partial charge in [-0.15, -0.1) is 0 Å². The molecule has 1 aliphatic heterocycles. The first kappa shape index (κ1) is 16.3. The molecular weight excluding hydrogens is 321 g/mol. The molecule has 1 aromatic carbocycles. The Morgan fingerprint density at radius 1 is 1.32 bits per heavy atom. The number of benzene rings is 1. The summed E-state index contributed by atoms with van der Waals surface area (Å²) < 4.78 is 21.0.